The third-order valence-corrected chi connectivity index (χ3v) is 5.02. The highest BCUT2D eigenvalue weighted by atomic mass is 35.5. The van der Waals surface area contributed by atoms with Crippen LogP contribution in [0.2, 0.25) is 5.02 Å². The SMILES string of the molecule is C=C/C=C\C=C(/C)CC(F)C(=O)Nc1csc(-c2ccc(Cl)cc2)c1C=O. The predicted molar refractivity (Wildman–Crippen MR) is 111 cm³/mol. The molecule has 1 amide bonds. The Morgan fingerprint density at radius 3 is 2.67 bits per heavy atom. The molecular weight excluding hydrogens is 385 g/mol. The van der Waals surface area contributed by atoms with E-state index in [2.05, 4.69) is 11.9 Å². The minimum Gasteiger partial charge on any atom is -0.322 e. The second-order valence-electron chi connectivity index (χ2n) is 5.81. The van der Waals surface area contributed by atoms with Crippen LogP contribution in [0.25, 0.3) is 10.4 Å². The first-order valence-corrected chi connectivity index (χ1v) is 9.44. The summed E-state index contributed by atoms with van der Waals surface area (Å²) in [6.45, 7) is 5.29. The van der Waals surface area contributed by atoms with Crippen molar-refractivity contribution in [2.24, 2.45) is 0 Å². The van der Waals surface area contributed by atoms with Crippen LogP contribution in [-0.2, 0) is 4.79 Å². The molecule has 2 rings (SSSR count). The van der Waals surface area contributed by atoms with E-state index in [0.29, 0.717) is 27.4 Å². The summed E-state index contributed by atoms with van der Waals surface area (Å²) in [5.74, 6) is -0.779. The Morgan fingerprint density at radius 2 is 2.04 bits per heavy atom. The highest BCUT2D eigenvalue weighted by molar-refractivity contribution is 7.14. The lowest BCUT2D eigenvalue weighted by Gasteiger charge is -2.09. The molecule has 1 heterocycles. The number of aldehydes is 1. The number of anilines is 1. The first kappa shape index (κ1) is 20.8. The molecule has 1 N–H and O–H groups in total. The van der Waals surface area contributed by atoms with Gasteiger partial charge in [-0.25, -0.2) is 4.39 Å². The van der Waals surface area contributed by atoms with Crippen LogP contribution >= 0.6 is 22.9 Å². The molecule has 6 heteroatoms. The van der Waals surface area contributed by atoms with E-state index < -0.39 is 12.1 Å². The molecule has 2 aromatic rings. The van der Waals surface area contributed by atoms with Crippen LogP contribution < -0.4 is 5.32 Å². The molecule has 1 aromatic carbocycles. The molecule has 140 valence electrons. The van der Waals surface area contributed by atoms with Crippen molar-refractivity contribution in [1.82, 2.24) is 0 Å². The van der Waals surface area contributed by atoms with E-state index in [1.54, 1.807) is 60.9 Å². The molecule has 0 bridgehead atoms. The summed E-state index contributed by atoms with van der Waals surface area (Å²) in [5.41, 5.74) is 2.15. The van der Waals surface area contributed by atoms with Gasteiger partial charge in [-0.3, -0.25) is 9.59 Å². The number of allylic oxidation sites excluding steroid dienone is 5. The summed E-state index contributed by atoms with van der Waals surface area (Å²) in [7, 11) is 0. The van der Waals surface area contributed by atoms with Gasteiger partial charge in [-0.2, -0.15) is 0 Å². The van der Waals surface area contributed by atoms with Crippen LogP contribution in [0, 0.1) is 0 Å². The minimum atomic E-state index is -1.71. The summed E-state index contributed by atoms with van der Waals surface area (Å²) in [6.07, 6.45) is 5.70. The Bertz CT molecular complexity index is 884. The fraction of sp³-hybridized carbons (Fsp3) is 0.143. The van der Waals surface area contributed by atoms with E-state index in [-0.39, 0.29) is 6.42 Å². The second kappa shape index (κ2) is 10.00. The number of alkyl halides is 1. The summed E-state index contributed by atoms with van der Waals surface area (Å²) in [5, 5.41) is 4.73. The van der Waals surface area contributed by atoms with E-state index in [1.165, 1.54) is 11.3 Å². The number of hydrogen-bond donors (Lipinski definition) is 1. The molecular formula is C21H19ClFNO2S. The van der Waals surface area contributed by atoms with Crippen molar-refractivity contribution in [3.8, 4) is 10.4 Å². The second-order valence-corrected chi connectivity index (χ2v) is 7.13. The van der Waals surface area contributed by atoms with Crippen molar-refractivity contribution in [3.63, 3.8) is 0 Å². The fourth-order valence-corrected chi connectivity index (χ4v) is 3.46. The molecule has 27 heavy (non-hydrogen) atoms. The third kappa shape index (κ3) is 5.74. The van der Waals surface area contributed by atoms with Gasteiger partial charge in [0.1, 0.15) is 0 Å². The van der Waals surface area contributed by atoms with Gasteiger partial charge in [0, 0.05) is 21.7 Å². The number of thiophene rings is 1. The van der Waals surface area contributed by atoms with Crippen molar-refractivity contribution >= 4 is 40.8 Å². The molecule has 3 nitrogen and oxygen atoms in total. The van der Waals surface area contributed by atoms with Crippen molar-refractivity contribution in [2.75, 3.05) is 5.32 Å². The highest BCUT2D eigenvalue weighted by Gasteiger charge is 2.21. The van der Waals surface area contributed by atoms with Gasteiger partial charge < -0.3 is 5.32 Å². The number of rotatable bonds is 8. The molecule has 0 aliphatic rings. The molecule has 0 saturated heterocycles. The lowest BCUT2D eigenvalue weighted by atomic mass is 10.1. The maximum Gasteiger partial charge on any atom is 0.259 e. The summed E-state index contributed by atoms with van der Waals surface area (Å²) < 4.78 is 14.3. The van der Waals surface area contributed by atoms with Crippen LogP contribution in [0.15, 0.2) is 66.1 Å². The number of halogens is 2. The molecule has 1 atom stereocenters. The quantitative estimate of drug-likeness (QED) is 0.419. The molecule has 1 aromatic heterocycles. The van der Waals surface area contributed by atoms with Gasteiger partial charge in [0.2, 0.25) is 0 Å². The molecule has 0 radical (unpaired) electrons. The topological polar surface area (TPSA) is 46.2 Å². The van der Waals surface area contributed by atoms with Gasteiger partial charge in [0.05, 0.1) is 11.3 Å². The van der Waals surface area contributed by atoms with E-state index in [9.17, 15) is 14.0 Å². The molecule has 0 aliphatic carbocycles. The lowest BCUT2D eigenvalue weighted by molar-refractivity contribution is -0.120. The van der Waals surface area contributed by atoms with E-state index in [1.807, 2.05) is 0 Å². The minimum absolute atomic E-state index is 0.0298. The van der Waals surface area contributed by atoms with Gasteiger partial charge in [0.15, 0.2) is 12.5 Å². The van der Waals surface area contributed by atoms with Crippen LogP contribution in [0.3, 0.4) is 0 Å². The van der Waals surface area contributed by atoms with Crippen molar-refractivity contribution < 1.29 is 14.0 Å². The summed E-state index contributed by atoms with van der Waals surface area (Å²) >= 11 is 7.18. The highest BCUT2D eigenvalue weighted by Crippen LogP contribution is 2.35. The largest absolute Gasteiger partial charge is 0.322 e. The number of nitrogens with one attached hydrogen (secondary N) is 1. The number of hydrogen-bond acceptors (Lipinski definition) is 3. The Balaban J connectivity index is 2.12. The lowest BCUT2D eigenvalue weighted by Crippen LogP contribution is -2.24. The fourth-order valence-electron chi connectivity index (χ4n) is 2.36. The summed E-state index contributed by atoms with van der Waals surface area (Å²) in [4.78, 5) is 24.4. The first-order valence-electron chi connectivity index (χ1n) is 8.18. The number of amides is 1. The zero-order chi connectivity index (χ0) is 19.8. The van der Waals surface area contributed by atoms with E-state index in [4.69, 9.17) is 11.6 Å². The van der Waals surface area contributed by atoms with Gasteiger partial charge in [-0.15, -0.1) is 11.3 Å². The van der Waals surface area contributed by atoms with Crippen molar-refractivity contribution in [1.29, 1.82) is 0 Å². The Hall–Kier alpha value is -2.50. The van der Waals surface area contributed by atoms with Crippen LogP contribution in [0.5, 0.6) is 0 Å². The van der Waals surface area contributed by atoms with Crippen LogP contribution in [0.4, 0.5) is 10.1 Å². The van der Waals surface area contributed by atoms with E-state index in [0.717, 1.165) is 11.1 Å². The Morgan fingerprint density at radius 1 is 1.33 bits per heavy atom. The molecule has 0 saturated carbocycles. The number of carbonyl (C=O) groups is 2. The van der Waals surface area contributed by atoms with E-state index >= 15 is 0 Å². The number of carbonyl (C=O) groups excluding carboxylic acids is 2. The Labute approximate surface area is 166 Å². The van der Waals surface area contributed by atoms with Gasteiger partial charge in [-0.05, 0) is 24.6 Å². The maximum atomic E-state index is 14.3. The predicted octanol–water partition coefficient (Wildman–Crippen LogP) is 6.24. The summed E-state index contributed by atoms with van der Waals surface area (Å²) in [6, 6.07) is 7.01. The normalized spacial score (nSPS) is 12.8. The average molecular weight is 404 g/mol. The van der Waals surface area contributed by atoms with Crippen LogP contribution in [0.1, 0.15) is 23.7 Å². The molecule has 0 fully saturated rings. The van der Waals surface area contributed by atoms with Crippen LogP contribution in [-0.4, -0.2) is 18.4 Å². The van der Waals surface area contributed by atoms with Gasteiger partial charge in [-0.1, -0.05) is 60.2 Å². The maximum absolute atomic E-state index is 14.3. The van der Waals surface area contributed by atoms with Crippen molar-refractivity contribution in [3.05, 3.63) is 76.7 Å². The third-order valence-electron chi connectivity index (χ3n) is 3.73. The first-order chi connectivity index (χ1) is 13.0. The molecule has 0 spiro atoms. The monoisotopic (exact) mass is 403 g/mol. The standard InChI is InChI=1S/C21H19ClFNO2S/c1-3-4-5-6-14(2)11-18(23)21(26)24-19-13-27-20(17(19)12-25)15-7-9-16(22)10-8-15/h3-10,12-13,18H,1,11H2,2H3,(H,24,26)/b5-4-,14-6+. The molecule has 0 aliphatic heterocycles. The van der Waals surface area contributed by atoms with Gasteiger partial charge in [0.25, 0.3) is 5.91 Å². The zero-order valence-corrected chi connectivity index (χ0v) is 16.3. The Kier molecular flexibility index (Phi) is 7.70. The molecule has 1 unspecified atom stereocenters. The zero-order valence-electron chi connectivity index (χ0n) is 14.7. The number of benzene rings is 1. The van der Waals surface area contributed by atoms with Gasteiger partial charge >= 0.3 is 0 Å². The van der Waals surface area contributed by atoms with Crippen molar-refractivity contribution in [2.45, 2.75) is 19.5 Å². The smallest absolute Gasteiger partial charge is 0.259 e. The average Bonchev–Trinajstić information content (AvgIpc) is 3.05.